The molecule has 1 aromatic heterocycles. The summed E-state index contributed by atoms with van der Waals surface area (Å²) >= 11 is 0. The van der Waals surface area contributed by atoms with E-state index in [0.717, 1.165) is 11.3 Å². The van der Waals surface area contributed by atoms with Crippen molar-refractivity contribution in [3.05, 3.63) is 89.0 Å². The van der Waals surface area contributed by atoms with Crippen LogP contribution >= 0.6 is 0 Å². The third kappa shape index (κ3) is 4.45. The lowest BCUT2D eigenvalue weighted by molar-refractivity contribution is 0.0950. The van der Waals surface area contributed by atoms with Gasteiger partial charge in [0.05, 0.1) is 11.3 Å². The number of amides is 1. The molecule has 4 nitrogen and oxygen atoms in total. The zero-order chi connectivity index (χ0) is 18.5. The van der Waals surface area contributed by atoms with Crippen LogP contribution in [-0.2, 0) is 6.54 Å². The SMILES string of the molecule is Cc1ccc(C(=O)NCc2ccc(Oc3ccc(F)cc3)cc2)c(C)n1. The highest BCUT2D eigenvalue weighted by Gasteiger charge is 2.09. The average molecular weight is 350 g/mol. The topological polar surface area (TPSA) is 51.2 Å². The smallest absolute Gasteiger partial charge is 0.253 e. The molecule has 0 aliphatic carbocycles. The van der Waals surface area contributed by atoms with Gasteiger partial charge in [-0.2, -0.15) is 0 Å². The maximum Gasteiger partial charge on any atom is 0.253 e. The Labute approximate surface area is 151 Å². The highest BCUT2D eigenvalue weighted by molar-refractivity contribution is 5.95. The molecule has 0 unspecified atom stereocenters. The monoisotopic (exact) mass is 350 g/mol. The lowest BCUT2D eigenvalue weighted by atomic mass is 10.1. The van der Waals surface area contributed by atoms with Crippen molar-refractivity contribution in [2.45, 2.75) is 20.4 Å². The fourth-order valence-corrected chi connectivity index (χ4v) is 2.52. The molecule has 1 amide bonds. The van der Waals surface area contributed by atoms with Crippen LogP contribution < -0.4 is 10.1 Å². The third-order valence-electron chi connectivity index (χ3n) is 3.90. The van der Waals surface area contributed by atoms with Crippen molar-refractivity contribution >= 4 is 5.91 Å². The average Bonchev–Trinajstić information content (AvgIpc) is 2.63. The Bertz CT molecular complexity index is 906. The van der Waals surface area contributed by atoms with Crippen molar-refractivity contribution < 1.29 is 13.9 Å². The van der Waals surface area contributed by atoms with Crippen molar-refractivity contribution in [3.8, 4) is 11.5 Å². The Kier molecular flexibility index (Phi) is 5.27. The van der Waals surface area contributed by atoms with E-state index in [2.05, 4.69) is 10.3 Å². The second kappa shape index (κ2) is 7.78. The Morgan fingerprint density at radius 2 is 1.58 bits per heavy atom. The van der Waals surface area contributed by atoms with Crippen molar-refractivity contribution in [2.75, 3.05) is 0 Å². The number of halogens is 1. The van der Waals surface area contributed by atoms with Crippen LogP contribution in [0, 0.1) is 19.7 Å². The Hall–Kier alpha value is -3.21. The second-order valence-corrected chi connectivity index (χ2v) is 5.97. The van der Waals surface area contributed by atoms with Gasteiger partial charge >= 0.3 is 0 Å². The second-order valence-electron chi connectivity index (χ2n) is 5.97. The van der Waals surface area contributed by atoms with E-state index in [4.69, 9.17) is 4.74 Å². The van der Waals surface area contributed by atoms with Crippen molar-refractivity contribution in [1.29, 1.82) is 0 Å². The number of pyridine rings is 1. The minimum Gasteiger partial charge on any atom is -0.457 e. The van der Waals surface area contributed by atoms with Crippen molar-refractivity contribution in [3.63, 3.8) is 0 Å². The number of carbonyl (C=O) groups excluding carboxylic acids is 1. The summed E-state index contributed by atoms with van der Waals surface area (Å²) < 4.78 is 18.5. The number of hydrogen-bond acceptors (Lipinski definition) is 3. The van der Waals surface area contributed by atoms with Gasteiger partial charge < -0.3 is 10.1 Å². The van der Waals surface area contributed by atoms with Gasteiger partial charge in [-0.15, -0.1) is 0 Å². The molecule has 3 rings (SSSR count). The lowest BCUT2D eigenvalue weighted by Crippen LogP contribution is -2.24. The van der Waals surface area contributed by atoms with E-state index in [9.17, 15) is 9.18 Å². The van der Waals surface area contributed by atoms with E-state index < -0.39 is 0 Å². The van der Waals surface area contributed by atoms with Gasteiger partial charge in [-0.05, 0) is 67.9 Å². The number of aromatic nitrogens is 1. The molecular weight excluding hydrogens is 331 g/mol. The van der Waals surface area contributed by atoms with Gasteiger partial charge in [0.1, 0.15) is 17.3 Å². The molecule has 0 saturated carbocycles. The van der Waals surface area contributed by atoms with Gasteiger partial charge in [-0.1, -0.05) is 12.1 Å². The number of carbonyl (C=O) groups is 1. The van der Waals surface area contributed by atoms with Gasteiger partial charge in [-0.3, -0.25) is 9.78 Å². The van der Waals surface area contributed by atoms with Crippen LogP contribution in [0.3, 0.4) is 0 Å². The van der Waals surface area contributed by atoms with Crippen LogP contribution in [0.5, 0.6) is 11.5 Å². The summed E-state index contributed by atoms with van der Waals surface area (Å²) in [7, 11) is 0. The normalized spacial score (nSPS) is 10.4. The molecule has 5 heteroatoms. The van der Waals surface area contributed by atoms with Crippen molar-refractivity contribution in [1.82, 2.24) is 10.3 Å². The number of aryl methyl sites for hydroxylation is 2. The first-order valence-corrected chi connectivity index (χ1v) is 8.26. The van der Waals surface area contributed by atoms with Gasteiger partial charge in [0.15, 0.2) is 0 Å². The van der Waals surface area contributed by atoms with Crippen LogP contribution in [0.15, 0.2) is 60.7 Å². The minimum absolute atomic E-state index is 0.151. The quantitative estimate of drug-likeness (QED) is 0.734. The zero-order valence-electron chi connectivity index (χ0n) is 14.6. The minimum atomic E-state index is -0.303. The van der Waals surface area contributed by atoms with Gasteiger partial charge in [-0.25, -0.2) is 4.39 Å². The summed E-state index contributed by atoms with van der Waals surface area (Å²) in [5.74, 6) is 0.754. The molecule has 132 valence electrons. The summed E-state index contributed by atoms with van der Waals surface area (Å²) in [6.45, 7) is 4.12. The largest absolute Gasteiger partial charge is 0.457 e. The lowest BCUT2D eigenvalue weighted by Gasteiger charge is -2.09. The summed E-state index contributed by atoms with van der Waals surface area (Å²) in [6, 6.07) is 16.8. The first kappa shape index (κ1) is 17.6. The summed E-state index contributed by atoms with van der Waals surface area (Å²) in [4.78, 5) is 16.6. The maximum atomic E-state index is 12.9. The van der Waals surface area contributed by atoms with E-state index in [1.807, 2.05) is 44.2 Å². The number of benzene rings is 2. The first-order chi connectivity index (χ1) is 12.5. The van der Waals surface area contributed by atoms with E-state index >= 15 is 0 Å². The number of nitrogens with one attached hydrogen (secondary N) is 1. The van der Waals surface area contributed by atoms with Crippen LogP contribution in [0.25, 0.3) is 0 Å². The molecule has 1 N–H and O–H groups in total. The van der Waals surface area contributed by atoms with Crippen LogP contribution in [0.4, 0.5) is 4.39 Å². The standard InChI is InChI=1S/C21H19FN2O2/c1-14-3-12-20(15(2)24-14)21(25)23-13-16-4-8-18(9-5-16)26-19-10-6-17(22)7-11-19/h3-12H,13H2,1-2H3,(H,23,25). The molecule has 0 bridgehead atoms. The van der Waals surface area contributed by atoms with Crippen molar-refractivity contribution in [2.24, 2.45) is 0 Å². The first-order valence-electron chi connectivity index (χ1n) is 8.26. The fraction of sp³-hybridized carbons (Fsp3) is 0.143. The zero-order valence-corrected chi connectivity index (χ0v) is 14.6. The van der Waals surface area contributed by atoms with Crippen LogP contribution in [0.1, 0.15) is 27.3 Å². The highest BCUT2D eigenvalue weighted by atomic mass is 19.1. The number of hydrogen-bond donors (Lipinski definition) is 1. The number of rotatable bonds is 5. The molecule has 0 atom stereocenters. The van der Waals surface area contributed by atoms with Crippen LogP contribution in [0.2, 0.25) is 0 Å². The Balaban J connectivity index is 1.58. The van der Waals surface area contributed by atoms with E-state index in [-0.39, 0.29) is 11.7 Å². The molecule has 1 heterocycles. The molecule has 0 aliphatic heterocycles. The fourth-order valence-electron chi connectivity index (χ4n) is 2.52. The molecule has 0 radical (unpaired) electrons. The Morgan fingerprint density at radius 1 is 0.962 bits per heavy atom. The van der Waals surface area contributed by atoms with E-state index in [1.54, 1.807) is 18.2 Å². The number of ether oxygens (including phenoxy) is 1. The summed E-state index contributed by atoms with van der Waals surface area (Å²) in [5.41, 5.74) is 3.12. The predicted octanol–water partition coefficient (Wildman–Crippen LogP) is 4.56. The molecule has 0 aliphatic rings. The molecule has 0 spiro atoms. The number of nitrogens with zero attached hydrogens (tertiary/aromatic N) is 1. The molecular formula is C21H19FN2O2. The van der Waals surface area contributed by atoms with Gasteiger partial charge in [0.25, 0.3) is 5.91 Å². The molecule has 26 heavy (non-hydrogen) atoms. The summed E-state index contributed by atoms with van der Waals surface area (Å²) in [6.07, 6.45) is 0. The van der Waals surface area contributed by atoms with E-state index in [1.165, 1.54) is 12.1 Å². The van der Waals surface area contributed by atoms with Gasteiger partial charge in [0, 0.05) is 12.2 Å². The van der Waals surface area contributed by atoms with Crippen LogP contribution in [-0.4, -0.2) is 10.9 Å². The third-order valence-corrected chi connectivity index (χ3v) is 3.90. The molecule has 3 aromatic rings. The molecule has 0 saturated heterocycles. The highest BCUT2D eigenvalue weighted by Crippen LogP contribution is 2.21. The van der Waals surface area contributed by atoms with Gasteiger partial charge in [0.2, 0.25) is 0 Å². The molecule has 2 aromatic carbocycles. The molecule has 0 fully saturated rings. The Morgan fingerprint density at radius 3 is 2.19 bits per heavy atom. The summed E-state index contributed by atoms with van der Waals surface area (Å²) in [5, 5.41) is 2.89. The van der Waals surface area contributed by atoms with E-state index in [0.29, 0.717) is 29.3 Å². The maximum absolute atomic E-state index is 12.9. The predicted molar refractivity (Wildman–Crippen MR) is 97.8 cm³/mol.